The van der Waals surface area contributed by atoms with Crippen molar-refractivity contribution in [3.05, 3.63) is 23.2 Å². The van der Waals surface area contributed by atoms with Crippen molar-refractivity contribution in [2.24, 2.45) is 4.40 Å². The summed E-state index contributed by atoms with van der Waals surface area (Å²) in [5.41, 5.74) is 0.516. The van der Waals surface area contributed by atoms with Gasteiger partial charge in [-0.15, -0.1) is 4.40 Å². The van der Waals surface area contributed by atoms with Crippen molar-refractivity contribution < 1.29 is 8.42 Å². The van der Waals surface area contributed by atoms with Crippen LogP contribution in [0.2, 0.25) is 5.02 Å². The molecular weight excluding hydrogens is 230 g/mol. The number of amidine groups is 1. The molecule has 0 amide bonds. The Balaban J connectivity index is 2.73. The number of rotatable bonds is 0. The summed E-state index contributed by atoms with van der Waals surface area (Å²) in [6, 6.07) is 4.63. The zero-order valence-corrected chi connectivity index (χ0v) is 8.85. The number of benzene rings is 1. The average molecular weight is 237 g/mol. The number of sulfonamides is 1. The lowest BCUT2D eigenvalue weighted by Crippen LogP contribution is -2.18. The van der Waals surface area contributed by atoms with E-state index in [1.807, 2.05) is 0 Å². The van der Waals surface area contributed by atoms with Gasteiger partial charge >= 0.3 is 0 Å². The second-order valence-electron chi connectivity index (χ2n) is 2.92. The van der Waals surface area contributed by atoms with Crippen LogP contribution in [0.1, 0.15) is 6.92 Å². The molecule has 0 aromatic heterocycles. The van der Waals surface area contributed by atoms with Gasteiger partial charge < -0.3 is 5.32 Å². The summed E-state index contributed by atoms with van der Waals surface area (Å²) in [4.78, 5) is 0.121. The molecule has 0 unspecified atom stereocenters. The van der Waals surface area contributed by atoms with E-state index in [2.05, 4.69) is 9.71 Å². The summed E-state index contributed by atoms with van der Waals surface area (Å²) >= 11 is 5.70. The smallest absolute Gasteiger partial charge is 0.286 e. The van der Waals surface area contributed by atoms with E-state index in [-0.39, 0.29) is 4.90 Å². The zero-order valence-electron chi connectivity index (χ0n) is 7.28. The SMILES string of the molecule is CC1=NS(=O)(=O)[13c]2[13cH][13c](Cl)[13cH][13cH][13c]2N1. The van der Waals surface area contributed by atoms with Gasteiger partial charge in [0.1, 0.15) is 10.7 Å². The maximum absolute atomic E-state index is 11.5. The fourth-order valence-corrected chi connectivity index (χ4v) is 2.67. The molecule has 0 saturated heterocycles. The van der Waals surface area contributed by atoms with Gasteiger partial charge in [-0.25, -0.2) is 0 Å². The lowest BCUT2D eigenvalue weighted by Gasteiger charge is -2.15. The fourth-order valence-electron chi connectivity index (χ4n) is 1.26. The standard InChI is InChI=1S/C8H7ClN2O2S/c1-5-10-7-3-2-6(9)4-8(7)14(12,13)11-5/h2-4H,1H3,(H,10,11)/i2+1,3+1,4+1,6+1,7+1,8+1. The Labute approximate surface area is 86.7 Å². The van der Waals surface area contributed by atoms with E-state index in [0.29, 0.717) is 16.5 Å². The molecule has 14 heavy (non-hydrogen) atoms. The van der Waals surface area contributed by atoms with E-state index in [4.69, 9.17) is 11.6 Å². The largest absolute Gasteiger partial charge is 0.342 e. The fraction of sp³-hybridized carbons (Fsp3) is 0.125. The number of hydrogen-bond acceptors (Lipinski definition) is 3. The Kier molecular flexibility index (Phi) is 2.01. The molecule has 2 rings (SSSR count). The van der Waals surface area contributed by atoms with Gasteiger partial charge in [0.15, 0.2) is 0 Å². The average Bonchev–Trinajstić information content (AvgIpc) is 2.05. The van der Waals surface area contributed by atoms with E-state index >= 15 is 0 Å². The van der Waals surface area contributed by atoms with Crippen molar-refractivity contribution >= 4 is 33.1 Å². The highest BCUT2D eigenvalue weighted by Crippen LogP contribution is 2.29. The minimum Gasteiger partial charge on any atom is -0.342 e. The van der Waals surface area contributed by atoms with Crippen LogP contribution in [0, 0.1) is 0 Å². The van der Waals surface area contributed by atoms with Gasteiger partial charge in [0.05, 0.1) is 5.69 Å². The molecule has 0 fully saturated rings. The second-order valence-corrected chi connectivity index (χ2v) is 4.93. The highest BCUT2D eigenvalue weighted by Gasteiger charge is 2.23. The van der Waals surface area contributed by atoms with Crippen LogP contribution >= 0.6 is 11.6 Å². The Hall–Kier alpha value is -1.07. The van der Waals surface area contributed by atoms with Crippen LogP contribution < -0.4 is 5.32 Å². The quantitative estimate of drug-likeness (QED) is 0.748. The number of anilines is 1. The van der Waals surface area contributed by atoms with E-state index in [1.165, 1.54) is 6.07 Å². The molecule has 1 aliphatic heterocycles. The first-order chi connectivity index (χ1) is 6.49. The molecule has 1 N–H and O–H groups in total. The highest BCUT2D eigenvalue weighted by molar-refractivity contribution is 7.90. The molecule has 0 bridgehead atoms. The topological polar surface area (TPSA) is 58.5 Å². The van der Waals surface area contributed by atoms with Gasteiger partial charge in [-0.2, -0.15) is 8.42 Å². The van der Waals surface area contributed by atoms with E-state index in [1.54, 1.807) is 19.1 Å². The Morgan fingerprint density at radius 1 is 1.43 bits per heavy atom. The Morgan fingerprint density at radius 3 is 2.86 bits per heavy atom. The minimum atomic E-state index is -3.57. The molecule has 0 atom stereocenters. The van der Waals surface area contributed by atoms with Crippen LogP contribution in [0.4, 0.5) is 5.69 Å². The van der Waals surface area contributed by atoms with Crippen LogP contribution in [0.3, 0.4) is 0 Å². The van der Waals surface area contributed by atoms with Crippen molar-refractivity contribution in [1.29, 1.82) is 0 Å². The summed E-state index contributed by atoms with van der Waals surface area (Å²) in [7, 11) is -3.57. The van der Waals surface area contributed by atoms with Gasteiger partial charge in [0.2, 0.25) is 0 Å². The van der Waals surface area contributed by atoms with E-state index in [9.17, 15) is 8.42 Å². The molecular formula is C8H7ClN2O2S. The molecule has 1 aliphatic rings. The molecule has 4 nitrogen and oxygen atoms in total. The Bertz CT molecular complexity index is 522. The lowest BCUT2D eigenvalue weighted by atomic mass is 10.7. The second kappa shape index (κ2) is 2.96. The molecule has 1 aromatic rings. The van der Waals surface area contributed by atoms with E-state index < -0.39 is 10.0 Å². The van der Waals surface area contributed by atoms with Crippen LogP contribution in [-0.4, -0.2) is 14.3 Å². The number of nitrogens with one attached hydrogen (secondary N) is 1. The van der Waals surface area contributed by atoms with Gasteiger partial charge in [-0.1, -0.05) is 11.6 Å². The first-order valence-electron chi connectivity index (χ1n) is 3.87. The Morgan fingerprint density at radius 2 is 2.14 bits per heavy atom. The van der Waals surface area contributed by atoms with Gasteiger partial charge in [-0.3, -0.25) is 0 Å². The monoisotopic (exact) mass is 236 g/mol. The summed E-state index contributed by atoms with van der Waals surface area (Å²) in [5.74, 6) is 0.361. The third-order valence-corrected chi connectivity index (χ3v) is 3.44. The summed E-state index contributed by atoms with van der Waals surface area (Å²) in [5, 5.41) is 3.23. The predicted molar refractivity (Wildman–Crippen MR) is 55.4 cm³/mol. The third kappa shape index (κ3) is 1.49. The van der Waals surface area contributed by atoms with Crippen molar-refractivity contribution in [3.8, 4) is 0 Å². The maximum Gasteiger partial charge on any atom is 0.286 e. The first kappa shape index (κ1) is 9.48. The summed E-state index contributed by atoms with van der Waals surface area (Å²) in [6.45, 7) is 1.59. The van der Waals surface area contributed by atoms with E-state index in [0.717, 1.165) is 0 Å². The number of halogens is 1. The molecule has 1 heterocycles. The van der Waals surface area contributed by atoms with Crippen LogP contribution in [0.15, 0.2) is 27.5 Å². The minimum absolute atomic E-state index is 0.121. The summed E-state index contributed by atoms with van der Waals surface area (Å²) < 4.78 is 26.6. The number of nitrogens with zero attached hydrogens (tertiary/aromatic N) is 1. The van der Waals surface area contributed by atoms with Gasteiger partial charge in [-0.05, 0) is 25.1 Å². The number of fused-ring (bicyclic) bond motifs is 1. The first-order valence-corrected chi connectivity index (χ1v) is 5.69. The predicted octanol–water partition coefficient (Wildman–Crippen LogP) is 1.87. The maximum atomic E-state index is 11.5. The molecule has 0 radical (unpaired) electrons. The van der Waals surface area contributed by atoms with Gasteiger partial charge in [0.25, 0.3) is 10.0 Å². The van der Waals surface area contributed by atoms with Crippen molar-refractivity contribution in [1.82, 2.24) is 0 Å². The molecule has 1 aromatic carbocycles. The zero-order chi connectivity index (χ0) is 10.3. The normalized spacial score (nSPS) is 18.0. The van der Waals surface area contributed by atoms with Crippen molar-refractivity contribution in [3.63, 3.8) is 0 Å². The molecule has 74 valence electrons. The van der Waals surface area contributed by atoms with Gasteiger partial charge in [0, 0.05) is 5.02 Å². The molecule has 0 spiro atoms. The highest BCUT2D eigenvalue weighted by atomic mass is 35.5. The number of hydrogen-bond donors (Lipinski definition) is 1. The van der Waals surface area contributed by atoms with Crippen LogP contribution in [0.5, 0.6) is 0 Å². The molecule has 0 saturated carbocycles. The van der Waals surface area contributed by atoms with Crippen LogP contribution in [0.25, 0.3) is 0 Å². The summed E-state index contributed by atoms with van der Waals surface area (Å²) in [6.07, 6.45) is 0. The molecule has 0 aliphatic carbocycles. The van der Waals surface area contributed by atoms with Crippen LogP contribution in [-0.2, 0) is 10.0 Å². The third-order valence-electron chi connectivity index (χ3n) is 1.79. The lowest BCUT2D eigenvalue weighted by molar-refractivity contribution is 0.598. The molecule has 6 heteroatoms. The van der Waals surface area contributed by atoms with Crippen molar-refractivity contribution in [2.75, 3.05) is 5.32 Å². The van der Waals surface area contributed by atoms with Crippen molar-refractivity contribution in [2.45, 2.75) is 11.8 Å².